The average molecular weight is 1710 g/mol. The first kappa shape index (κ1) is 74.0. The number of phenolic OH excluding ortho intramolecular Hbond substituents is 4. The third-order valence-corrected chi connectivity index (χ3v) is 10.9. The Balaban J connectivity index is 0. The molecule has 0 amide bonds. The average Bonchev–Trinajstić information content (AvgIpc) is 3.34. The number of benzene rings is 4. The number of aryl methyl sites for hydroxylation is 2. The second-order valence-corrected chi connectivity index (χ2v) is 32.8. The molecule has 0 aromatic heterocycles. The number of allylic oxidation sites excluding steroid dienone is 12. The number of aliphatic carboxylic acids is 1. The van der Waals surface area contributed by atoms with Crippen LogP contribution >= 0.6 is 98.4 Å². The van der Waals surface area contributed by atoms with Crippen molar-refractivity contribution in [3.8, 4) is 34.5 Å². The molecule has 0 aliphatic carbocycles. The van der Waals surface area contributed by atoms with Crippen LogP contribution in [0.4, 0.5) is 0 Å². The van der Waals surface area contributed by atoms with Crippen LogP contribution in [0, 0.1) is 41.5 Å². The number of aliphatic hydroxyl groups excluding tert-OH is 1. The molecule has 4 rings (SSSR count). The van der Waals surface area contributed by atoms with Crippen LogP contribution in [0.2, 0.25) is 0 Å². The van der Waals surface area contributed by atoms with Gasteiger partial charge in [0.25, 0.3) is 0 Å². The fraction of sp³-hybridized carbons (Fsp3) is 0.276. The van der Waals surface area contributed by atoms with Crippen LogP contribution in [0.1, 0.15) is 83.3 Å². The van der Waals surface area contributed by atoms with E-state index >= 15 is 0 Å². The van der Waals surface area contributed by atoms with E-state index in [-0.39, 0.29) is 60.2 Å². The third kappa shape index (κ3) is 30.0. The summed E-state index contributed by atoms with van der Waals surface area (Å²) >= 11 is 9.54. The van der Waals surface area contributed by atoms with Crippen LogP contribution < -0.4 is 22.7 Å². The predicted octanol–water partition coefficient (Wildman–Crippen LogP) is 13.2. The van der Waals surface area contributed by atoms with Crippen molar-refractivity contribution in [2.75, 3.05) is 27.4 Å². The van der Waals surface area contributed by atoms with Gasteiger partial charge in [0.2, 0.25) is 0 Å². The first-order valence-electron chi connectivity index (χ1n) is 22.8. The monoisotopic (exact) mass is 1700 g/mol. The minimum atomic E-state index is -0.932. The maximum absolute atomic E-state index is 12.0. The molecule has 0 atom stereocenters. The maximum atomic E-state index is 12.0. The van der Waals surface area contributed by atoms with E-state index in [4.69, 9.17) is 34.6 Å². The SMILES string of the molecule is COc1cc(C)c(/C=C/C(C)=C/C=C/C(C)=C/C(=O)O)c(C)c1C.COc1cc(C)c(/C=C/C(C)=C/C=C/C(C)=C/C(=O)OCCc2ccc(O)c(O)c2)c(C)c1C.I.II.I[I-]I.OCCc1ccc(O)c(O)c1. The zero-order valence-electron chi connectivity index (χ0n) is 44.4. The summed E-state index contributed by atoms with van der Waals surface area (Å²) in [5, 5.41) is 53.9. The Morgan fingerprint density at radius 2 is 0.960 bits per heavy atom. The number of methoxy groups -OCH3 is 2. The number of carbonyl (C=O) groups is 2. The van der Waals surface area contributed by atoms with E-state index in [0.717, 1.165) is 50.5 Å². The quantitative estimate of drug-likeness (QED) is 0.0194. The summed E-state index contributed by atoms with van der Waals surface area (Å²) in [6.07, 6.45) is 23.2. The Morgan fingerprint density at radius 1 is 0.573 bits per heavy atom. The van der Waals surface area contributed by atoms with E-state index < -0.39 is 11.9 Å². The number of hydrogen-bond acceptors (Lipinski definition) is 10. The number of halogens is 6. The number of carboxylic acid groups (broad SMARTS) is 1. The molecular formula is C58H71I6O11-. The summed E-state index contributed by atoms with van der Waals surface area (Å²) in [6.45, 7) is 20.3. The van der Waals surface area contributed by atoms with E-state index in [1.807, 2.05) is 51.2 Å². The van der Waals surface area contributed by atoms with Crippen molar-refractivity contribution in [3.63, 3.8) is 0 Å². The molecular weight excluding hydrogens is 1630 g/mol. The second-order valence-electron chi connectivity index (χ2n) is 16.5. The first-order chi connectivity index (χ1) is 35.0. The number of rotatable bonds is 17. The molecule has 0 aliphatic heterocycles. The number of ether oxygens (including phenoxy) is 3. The van der Waals surface area contributed by atoms with Gasteiger partial charge in [-0.15, -0.1) is 24.0 Å². The molecule has 0 unspecified atom stereocenters. The minimum Gasteiger partial charge on any atom is -0.504 e. The largest absolute Gasteiger partial charge is 0.504 e. The molecule has 0 saturated heterocycles. The zero-order valence-corrected chi connectivity index (χ0v) is 57.5. The molecule has 4 aromatic carbocycles. The molecule has 0 fully saturated rings. The van der Waals surface area contributed by atoms with Gasteiger partial charge in [-0.1, -0.05) is 84.0 Å². The number of carboxylic acids is 1. The second kappa shape index (κ2) is 41.9. The summed E-state index contributed by atoms with van der Waals surface area (Å²) in [5.41, 5.74) is 14.7. The summed E-state index contributed by atoms with van der Waals surface area (Å²) in [6, 6.07) is 13.1. The van der Waals surface area contributed by atoms with Gasteiger partial charge in [0.1, 0.15) is 11.5 Å². The molecule has 0 radical (unpaired) electrons. The molecule has 4 aromatic rings. The smallest absolute Gasteiger partial charge is 0.157 e. The van der Waals surface area contributed by atoms with E-state index in [9.17, 15) is 19.8 Å². The van der Waals surface area contributed by atoms with Gasteiger partial charge in [0.05, 0.1) is 20.8 Å². The summed E-state index contributed by atoms with van der Waals surface area (Å²) in [7, 11) is 3.38. The van der Waals surface area contributed by atoms with Gasteiger partial charge in [-0.25, -0.2) is 9.59 Å². The normalized spacial score (nSPS) is 11.7. The molecule has 412 valence electrons. The van der Waals surface area contributed by atoms with E-state index in [2.05, 4.69) is 152 Å². The summed E-state index contributed by atoms with van der Waals surface area (Å²) in [5.74, 6) is -0.173. The van der Waals surface area contributed by atoms with Crippen molar-refractivity contribution >= 4 is 123 Å². The van der Waals surface area contributed by atoms with Crippen LogP contribution in [0.25, 0.3) is 12.2 Å². The molecule has 0 bridgehead atoms. The van der Waals surface area contributed by atoms with E-state index in [0.29, 0.717) is 31.7 Å². The van der Waals surface area contributed by atoms with Crippen molar-refractivity contribution in [3.05, 3.63) is 187 Å². The summed E-state index contributed by atoms with van der Waals surface area (Å²) < 4.78 is 16.1. The van der Waals surface area contributed by atoms with Crippen molar-refractivity contribution in [2.45, 2.75) is 82.1 Å². The Bertz CT molecular complexity index is 2700. The van der Waals surface area contributed by atoms with Crippen molar-refractivity contribution < 1.29 is 67.7 Å². The minimum absolute atomic E-state index is 0. The van der Waals surface area contributed by atoms with Crippen LogP contribution in [0.5, 0.6) is 34.5 Å². The molecule has 0 saturated carbocycles. The number of aromatic hydroxyl groups is 4. The fourth-order valence-electron chi connectivity index (χ4n) is 6.68. The topological polar surface area (TPSA) is 183 Å². The molecule has 0 heterocycles. The Labute approximate surface area is 515 Å². The number of hydrogen-bond donors (Lipinski definition) is 6. The van der Waals surface area contributed by atoms with Crippen LogP contribution in [-0.4, -0.2) is 70.0 Å². The van der Waals surface area contributed by atoms with Crippen molar-refractivity contribution in [1.82, 2.24) is 0 Å². The zero-order chi connectivity index (χ0) is 56.5. The number of phenols is 4. The molecule has 0 spiro atoms. The first-order valence-corrected chi connectivity index (χ1v) is 41.6. The number of carbonyl (C=O) groups excluding carboxylic acids is 1. The van der Waals surface area contributed by atoms with E-state index in [1.54, 1.807) is 39.4 Å². The van der Waals surface area contributed by atoms with Gasteiger partial charge >= 0.3 is 62.4 Å². The third-order valence-electron chi connectivity index (χ3n) is 10.9. The number of aliphatic hydroxyl groups is 1. The van der Waals surface area contributed by atoms with Gasteiger partial charge in [-0.3, -0.25) is 0 Å². The number of esters is 1. The maximum Gasteiger partial charge on any atom is 0.157 e. The van der Waals surface area contributed by atoms with Gasteiger partial charge in [0, 0.05) is 62.4 Å². The summed E-state index contributed by atoms with van der Waals surface area (Å²) in [4.78, 5) is 22.6. The Morgan fingerprint density at radius 3 is 1.32 bits per heavy atom. The fourth-order valence-corrected chi connectivity index (χ4v) is 6.68. The van der Waals surface area contributed by atoms with Crippen molar-refractivity contribution in [1.29, 1.82) is 0 Å². The van der Waals surface area contributed by atoms with Gasteiger partial charge in [0.15, 0.2) is 23.0 Å². The van der Waals surface area contributed by atoms with Crippen molar-refractivity contribution in [2.24, 2.45) is 0 Å². The van der Waals surface area contributed by atoms with Crippen LogP contribution in [0.15, 0.2) is 132 Å². The molecule has 17 heteroatoms. The Kier molecular flexibility index (Phi) is 41.3. The predicted molar refractivity (Wildman–Crippen MR) is 350 cm³/mol. The Hall–Kier alpha value is -3.12. The van der Waals surface area contributed by atoms with Crippen LogP contribution in [-0.2, 0) is 27.2 Å². The molecule has 75 heavy (non-hydrogen) atoms. The molecule has 0 aliphatic rings. The standard InChI is InChI=1S/C29H34O5.C21H26O3.C8H10O3.I3.I2.HI/c1-19(10-12-25-21(3)17-28(33-6)23(5)22(25)4)8-7-9-20(2)16-29(32)34-15-14-24-11-13-26(30)27(31)18-24;1-14(8-7-9-15(2)12-21(22)23)10-11-19-16(3)13-20(24-6)18(5)17(19)4;9-4-3-6-1-2-7(10)8(11)5-6;1-3-2;1-2;/h7-13,16-18,30-31H,14-15H2,1-6H3;7-13H,1-6H3,(H,22,23);1-2,5,9-11H,3-4H2;;;1H/q;;;-1;;/b9-7+,12-10+,19-8+,20-16+;9-7+,11-10+,14-8+,15-12+;;;;. The van der Waals surface area contributed by atoms with Gasteiger partial charge < -0.3 is 44.8 Å². The molecule has 6 N–H and O–H groups in total. The van der Waals surface area contributed by atoms with Gasteiger partial charge in [-0.2, -0.15) is 0 Å². The molecule has 11 nitrogen and oxygen atoms in total. The van der Waals surface area contributed by atoms with Crippen LogP contribution in [0.3, 0.4) is 0 Å². The van der Waals surface area contributed by atoms with Gasteiger partial charge in [-0.05, 0) is 179 Å². The van der Waals surface area contributed by atoms with E-state index in [1.165, 1.54) is 69.8 Å².